The van der Waals surface area contributed by atoms with Gasteiger partial charge in [0, 0.05) is 17.8 Å². The Morgan fingerprint density at radius 1 is 1.24 bits per heavy atom. The number of nitrogens with zero attached hydrogens (tertiary/aromatic N) is 1. The normalized spacial score (nSPS) is 9.96. The quantitative estimate of drug-likeness (QED) is 0.409. The van der Waals surface area contributed by atoms with Crippen molar-refractivity contribution in [1.29, 1.82) is 0 Å². The van der Waals surface area contributed by atoms with Crippen LogP contribution in [0.1, 0.15) is 5.56 Å². The lowest BCUT2D eigenvalue weighted by atomic mass is 10.2. The van der Waals surface area contributed by atoms with Crippen LogP contribution in [0.4, 0.5) is 11.4 Å². The topological polar surface area (TPSA) is 114 Å². The van der Waals surface area contributed by atoms with Crippen molar-refractivity contribution < 1.29 is 19.6 Å². The molecule has 0 fully saturated rings. The van der Waals surface area contributed by atoms with Gasteiger partial charge in [0.25, 0.3) is 11.6 Å². The Bertz CT molecular complexity index is 780. The van der Waals surface area contributed by atoms with Crippen molar-refractivity contribution >= 4 is 34.6 Å². The molecule has 2 aromatic rings. The van der Waals surface area contributed by atoms with Crippen molar-refractivity contribution in [3.8, 4) is 5.75 Å². The fourth-order valence-corrected chi connectivity index (χ4v) is 2.12. The van der Waals surface area contributed by atoms with Crippen LogP contribution in [0.5, 0.6) is 5.75 Å². The van der Waals surface area contributed by atoms with Crippen molar-refractivity contribution in [2.45, 2.75) is 6.61 Å². The minimum Gasteiger partial charge on any atom is -0.484 e. The highest BCUT2D eigenvalue weighted by Crippen LogP contribution is 2.17. The average molecular weight is 361 g/mol. The number of amides is 1. The summed E-state index contributed by atoms with van der Waals surface area (Å²) in [6.45, 7) is -0.395. The van der Waals surface area contributed by atoms with Crippen LogP contribution in [-0.4, -0.2) is 27.7 Å². The van der Waals surface area contributed by atoms with Gasteiger partial charge < -0.3 is 15.2 Å². The summed E-state index contributed by atoms with van der Waals surface area (Å²) in [4.78, 5) is 21.8. The van der Waals surface area contributed by atoms with Gasteiger partial charge in [0.1, 0.15) is 5.75 Å². The first-order valence-corrected chi connectivity index (χ1v) is 7.56. The third-order valence-corrected chi connectivity index (χ3v) is 3.24. The molecule has 1 amide bonds. The number of nitro groups is 1. The van der Waals surface area contributed by atoms with Gasteiger partial charge in [0.2, 0.25) is 0 Å². The van der Waals surface area contributed by atoms with E-state index in [9.17, 15) is 14.9 Å². The summed E-state index contributed by atoms with van der Waals surface area (Å²) < 4.78 is 5.24. The van der Waals surface area contributed by atoms with Crippen LogP contribution in [0.2, 0.25) is 0 Å². The van der Waals surface area contributed by atoms with E-state index in [0.29, 0.717) is 17.0 Å². The molecule has 0 aliphatic heterocycles. The third-order valence-electron chi connectivity index (χ3n) is 3.04. The zero-order valence-electron chi connectivity index (χ0n) is 13.0. The molecule has 0 unspecified atom stereocenters. The molecule has 8 nitrogen and oxygen atoms in total. The first kappa shape index (κ1) is 18.3. The number of aliphatic hydroxyl groups excluding tert-OH is 1. The molecule has 0 aliphatic rings. The molecule has 0 aromatic heterocycles. The number of benzene rings is 2. The summed E-state index contributed by atoms with van der Waals surface area (Å²) in [5, 5.41) is 25.0. The summed E-state index contributed by atoms with van der Waals surface area (Å²) in [5.41, 5.74) is 1.28. The predicted octanol–water partition coefficient (Wildman–Crippen LogP) is 1.98. The van der Waals surface area contributed by atoms with E-state index in [0.717, 1.165) is 0 Å². The summed E-state index contributed by atoms with van der Waals surface area (Å²) in [5.74, 6) is -0.149. The molecule has 2 aromatic carbocycles. The summed E-state index contributed by atoms with van der Waals surface area (Å²) in [7, 11) is 0. The van der Waals surface area contributed by atoms with Crippen LogP contribution in [0.15, 0.2) is 48.5 Å². The summed E-state index contributed by atoms with van der Waals surface area (Å²) >= 11 is 5.03. The van der Waals surface area contributed by atoms with E-state index >= 15 is 0 Å². The van der Waals surface area contributed by atoms with Gasteiger partial charge >= 0.3 is 0 Å². The third kappa shape index (κ3) is 5.83. The number of thiocarbonyl (C=S) groups is 1. The van der Waals surface area contributed by atoms with Crippen LogP contribution in [0.3, 0.4) is 0 Å². The molecule has 0 heterocycles. The second kappa shape index (κ2) is 8.71. The lowest BCUT2D eigenvalue weighted by molar-refractivity contribution is -0.384. The summed E-state index contributed by atoms with van der Waals surface area (Å²) in [6.07, 6.45) is 0. The molecule has 0 bridgehead atoms. The largest absolute Gasteiger partial charge is 0.484 e. The fraction of sp³-hybridized carbons (Fsp3) is 0.125. The van der Waals surface area contributed by atoms with Gasteiger partial charge in [-0.1, -0.05) is 12.1 Å². The van der Waals surface area contributed by atoms with E-state index in [4.69, 9.17) is 22.1 Å². The van der Waals surface area contributed by atoms with Gasteiger partial charge in [-0.2, -0.15) is 0 Å². The maximum Gasteiger partial charge on any atom is 0.269 e. The Kier molecular flexibility index (Phi) is 6.38. The highest BCUT2D eigenvalue weighted by Gasteiger charge is 2.08. The molecule has 3 N–H and O–H groups in total. The minimum absolute atomic E-state index is 0.0627. The standard InChI is InChI=1S/C16H15N3O5S/c20-9-11-2-1-3-12(8-11)17-16(25)18-15(21)10-24-14-6-4-13(5-7-14)19(22)23/h1-8,20H,9-10H2,(H2,17,18,21,25). The number of nitro benzene ring substituents is 1. The van der Waals surface area contributed by atoms with Crippen molar-refractivity contribution in [2.75, 3.05) is 11.9 Å². The SMILES string of the molecule is O=C(COc1ccc([N+](=O)[O-])cc1)NC(=S)Nc1cccc(CO)c1. The number of non-ortho nitro benzene ring substituents is 1. The number of carbonyl (C=O) groups is 1. The molecular weight excluding hydrogens is 346 g/mol. The molecule has 2 rings (SSSR count). The summed E-state index contributed by atoms with van der Waals surface area (Å²) in [6, 6.07) is 12.3. The zero-order chi connectivity index (χ0) is 18.2. The Balaban J connectivity index is 1.81. The Morgan fingerprint density at radius 3 is 2.60 bits per heavy atom. The smallest absolute Gasteiger partial charge is 0.269 e. The number of anilines is 1. The number of rotatable bonds is 6. The molecule has 0 aliphatic carbocycles. The highest BCUT2D eigenvalue weighted by molar-refractivity contribution is 7.80. The number of aliphatic hydroxyl groups is 1. The van der Waals surface area contributed by atoms with Crippen LogP contribution >= 0.6 is 12.2 Å². The van der Waals surface area contributed by atoms with E-state index in [2.05, 4.69) is 10.6 Å². The van der Waals surface area contributed by atoms with E-state index in [1.807, 2.05) is 0 Å². The van der Waals surface area contributed by atoms with Crippen molar-refractivity contribution in [3.63, 3.8) is 0 Å². The number of carbonyl (C=O) groups excluding carboxylic acids is 1. The van der Waals surface area contributed by atoms with Crippen molar-refractivity contribution in [2.24, 2.45) is 0 Å². The number of ether oxygens (including phenoxy) is 1. The first-order chi connectivity index (χ1) is 12.0. The van der Waals surface area contributed by atoms with Crippen LogP contribution in [0, 0.1) is 10.1 Å². The molecular formula is C16H15N3O5S. The second-order valence-electron chi connectivity index (χ2n) is 4.90. The van der Waals surface area contributed by atoms with E-state index in [1.54, 1.807) is 24.3 Å². The van der Waals surface area contributed by atoms with Crippen LogP contribution in [0.25, 0.3) is 0 Å². The molecule has 0 atom stereocenters. The number of hydrogen-bond acceptors (Lipinski definition) is 6. The monoisotopic (exact) mass is 361 g/mol. The zero-order valence-corrected chi connectivity index (χ0v) is 13.8. The maximum absolute atomic E-state index is 11.8. The molecule has 25 heavy (non-hydrogen) atoms. The first-order valence-electron chi connectivity index (χ1n) is 7.16. The maximum atomic E-state index is 11.8. The minimum atomic E-state index is -0.521. The van der Waals surface area contributed by atoms with Crippen molar-refractivity contribution in [3.05, 3.63) is 64.2 Å². The van der Waals surface area contributed by atoms with E-state index in [-0.39, 0.29) is 24.0 Å². The second-order valence-corrected chi connectivity index (χ2v) is 5.31. The van der Waals surface area contributed by atoms with Crippen LogP contribution in [-0.2, 0) is 11.4 Å². The predicted molar refractivity (Wildman–Crippen MR) is 95.3 cm³/mol. The lowest BCUT2D eigenvalue weighted by Gasteiger charge is -2.11. The van der Waals surface area contributed by atoms with Gasteiger partial charge in [-0.25, -0.2) is 0 Å². The molecule has 0 spiro atoms. The van der Waals surface area contributed by atoms with E-state index in [1.165, 1.54) is 24.3 Å². The van der Waals surface area contributed by atoms with Gasteiger partial charge in [-0.15, -0.1) is 0 Å². The Labute approximate surface area is 148 Å². The lowest BCUT2D eigenvalue weighted by Crippen LogP contribution is -2.37. The Morgan fingerprint density at radius 2 is 1.96 bits per heavy atom. The molecule has 0 saturated carbocycles. The molecule has 0 saturated heterocycles. The molecule has 130 valence electrons. The van der Waals surface area contributed by atoms with Crippen LogP contribution < -0.4 is 15.4 Å². The number of nitrogens with one attached hydrogen (secondary N) is 2. The fourth-order valence-electron chi connectivity index (χ4n) is 1.89. The number of hydrogen-bond donors (Lipinski definition) is 3. The van der Waals surface area contributed by atoms with Crippen molar-refractivity contribution in [1.82, 2.24) is 5.32 Å². The van der Waals surface area contributed by atoms with Gasteiger partial charge in [0.05, 0.1) is 11.5 Å². The molecule has 0 radical (unpaired) electrons. The average Bonchev–Trinajstić information content (AvgIpc) is 2.60. The van der Waals surface area contributed by atoms with Gasteiger partial charge in [0.15, 0.2) is 11.7 Å². The molecule has 9 heteroatoms. The van der Waals surface area contributed by atoms with Gasteiger partial charge in [-0.3, -0.25) is 20.2 Å². The van der Waals surface area contributed by atoms with E-state index < -0.39 is 10.8 Å². The van der Waals surface area contributed by atoms with Gasteiger partial charge in [-0.05, 0) is 42.0 Å². The Hall–Kier alpha value is -3.04. The highest BCUT2D eigenvalue weighted by atomic mass is 32.1.